The molecule has 1 heterocycles. The molecule has 2 rings (SSSR count). The first-order valence-corrected chi connectivity index (χ1v) is 7.53. The highest BCUT2D eigenvalue weighted by Gasteiger charge is 2.28. The van der Waals surface area contributed by atoms with Crippen molar-refractivity contribution in [2.75, 3.05) is 13.6 Å². The van der Waals surface area contributed by atoms with Gasteiger partial charge < -0.3 is 5.32 Å². The Balaban J connectivity index is 2.00. The van der Waals surface area contributed by atoms with Gasteiger partial charge in [0.15, 0.2) is 0 Å². The lowest BCUT2D eigenvalue weighted by molar-refractivity contribution is 0.255. The Morgan fingerprint density at radius 1 is 1.47 bits per heavy atom. The van der Waals surface area contributed by atoms with E-state index >= 15 is 0 Å². The molecule has 1 aliphatic rings. The Labute approximate surface area is 109 Å². The van der Waals surface area contributed by atoms with Crippen molar-refractivity contribution in [3.8, 4) is 0 Å². The van der Waals surface area contributed by atoms with Gasteiger partial charge >= 0.3 is 0 Å². The van der Waals surface area contributed by atoms with E-state index in [1.807, 2.05) is 18.4 Å². The number of hydrogen-bond donors (Lipinski definition) is 1. The van der Waals surface area contributed by atoms with Crippen molar-refractivity contribution >= 4 is 11.3 Å². The molecule has 0 unspecified atom stereocenters. The second-order valence-corrected chi connectivity index (χ2v) is 6.37. The minimum Gasteiger partial charge on any atom is -0.315 e. The number of hydrogen-bond acceptors (Lipinski definition) is 3. The lowest BCUT2D eigenvalue weighted by Crippen LogP contribution is -2.26. The molecule has 1 aliphatic carbocycles. The molecule has 0 saturated heterocycles. The topological polar surface area (TPSA) is 15.3 Å². The van der Waals surface area contributed by atoms with Crippen LogP contribution in [-0.2, 0) is 13.1 Å². The summed E-state index contributed by atoms with van der Waals surface area (Å²) in [7, 11) is 2.02. The highest BCUT2D eigenvalue weighted by atomic mass is 32.1. The summed E-state index contributed by atoms with van der Waals surface area (Å²) in [6, 6.07) is 3.27. The summed E-state index contributed by atoms with van der Waals surface area (Å²) in [6.45, 7) is 7.95. The van der Waals surface area contributed by atoms with Crippen molar-refractivity contribution in [2.45, 2.75) is 52.2 Å². The van der Waals surface area contributed by atoms with Gasteiger partial charge in [0, 0.05) is 28.9 Å². The molecule has 1 N–H and O–H groups in total. The number of nitrogens with zero attached hydrogens (tertiary/aromatic N) is 1. The third-order valence-electron chi connectivity index (χ3n) is 3.37. The Kier molecular flexibility index (Phi) is 4.60. The summed E-state index contributed by atoms with van der Waals surface area (Å²) in [5, 5.41) is 3.23. The fourth-order valence-corrected chi connectivity index (χ4v) is 3.41. The van der Waals surface area contributed by atoms with Crippen LogP contribution < -0.4 is 5.32 Å². The average molecular weight is 252 g/mol. The predicted octanol–water partition coefficient (Wildman–Crippen LogP) is 3.15. The molecule has 0 atom stereocenters. The molecule has 0 bridgehead atoms. The predicted molar refractivity (Wildman–Crippen MR) is 75.5 cm³/mol. The maximum atomic E-state index is 3.23. The van der Waals surface area contributed by atoms with Crippen molar-refractivity contribution in [3.05, 3.63) is 21.4 Å². The number of rotatable bonds is 7. The van der Waals surface area contributed by atoms with Gasteiger partial charge in [-0.2, -0.15) is 0 Å². The Morgan fingerprint density at radius 2 is 2.24 bits per heavy atom. The van der Waals surface area contributed by atoms with Gasteiger partial charge in [0.1, 0.15) is 0 Å². The van der Waals surface area contributed by atoms with Gasteiger partial charge in [-0.1, -0.05) is 6.92 Å². The maximum Gasteiger partial charge on any atom is 0.0296 e. The van der Waals surface area contributed by atoms with E-state index in [0.717, 1.165) is 19.1 Å². The van der Waals surface area contributed by atoms with E-state index < -0.39 is 0 Å². The second kappa shape index (κ2) is 5.98. The summed E-state index contributed by atoms with van der Waals surface area (Å²) in [6.07, 6.45) is 4.09. The fourth-order valence-electron chi connectivity index (χ4n) is 2.34. The van der Waals surface area contributed by atoms with E-state index in [1.54, 1.807) is 5.56 Å². The van der Waals surface area contributed by atoms with Crippen LogP contribution in [0.5, 0.6) is 0 Å². The lowest BCUT2D eigenvalue weighted by atomic mass is 10.2. The molecule has 17 heavy (non-hydrogen) atoms. The number of nitrogens with one attached hydrogen (secondary N) is 1. The van der Waals surface area contributed by atoms with Crippen LogP contribution >= 0.6 is 11.3 Å². The zero-order chi connectivity index (χ0) is 12.3. The van der Waals surface area contributed by atoms with Crippen molar-refractivity contribution in [3.63, 3.8) is 0 Å². The van der Waals surface area contributed by atoms with Gasteiger partial charge in [0.25, 0.3) is 0 Å². The molecule has 0 radical (unpaired) electrons. The normalized spacial score (nSPS) is 15.8. The molecule has 1 saturated carbocycles. The molecule has 1 aromatic rings. The Bertz CT molecular complexity index is 355. The molecule has 0 amide bonds. The third kappa shape index (κ3) is 3.54. The minimum absolute atomic E-state index is 0.877. The van der Waals surface area contributed by atoms with Crippen LogP contribution in [0.15, 0.2) is 6.07 Å². The summed E-state index contributed by atoms with van der Waals surface area (Å²) >= 11 is 1.94. The van der Waals surface area contributed by atoms with E-state index in [0.29, 0.717) is 0 Å². The monoisotopic (exact) mass is 252 g/mol. The highest BCUT2D eigenvalue weighted by molar-refractivity contribution is 7.12. The molecule has 2 nitrogen and oxygen atoms in total. The molecule has 1 aromatic heterocycles. The van der Waals surface area contributed by atoms with Gasteiger partial charge in [0.2, 0.25) is 0 Å². The quantitative estimate of drug-likeness (QED) is 0.802. The van der Waals surface area contributed by atoms with Gasteiger partial charge in [0.05, 0.1) is 0 Å². The van der Waals surface area contributed by atoms with Gasteiger partial charge in [-0.3, -0.25) is 4.90 Å². The van der Waals surface area contributed by atoms with Crippen molar-refractivity contribution in [2.24, 2.45) is 0 Å². The Morgan fingerprint density at radius 3 is 2.82 bits per heavy atom. The SMILES string of the molecule is CCCN(Cc1cc(CNC)sc1C)C1CC1. The van der Waals surface area contributed by atoms with Gasteiger partial charge in [-0.05, 0) is 51.4 Å². The molecule has 0 aliphatic heterocycles. The first-order valence-electron chi connectivity index (χ1n) is 6.71. The van der Waals surface area contributed by atoms with Gasteiger partial charge in [-0.25, -0.2) is 0 Å². The van der Waals surface area contributed by atoms with Crippen LogP contribution in [0.25, 0.3) is 0 Å². The maximum absolute atomic E-state index is 3.23. The van der Waals surface area contributed by atoms with Crippen LogP contribution in [0.3, 0.4) is 0 Å². The summed E-state index contributed by atoms with van der Waals surface area (Å²) < 4.78 is 0. The van der Waals surface area contributed by atoms with Gasteiger partial charge in [-0.15, -0.1) is 11.3 Å². The van der Waals surface area contributed by atoms with Crippen LogP contribution in [0.4, 0.5) is 0 Å². The number of thiophene rings is 1. The van der Waals surface area contributed by atoms with E-state index in [2.05, 4.69) is 30.1 Å². The molecular formula is C14H24N2S. The second-order valence-electron chi connectivity index (χ2n) is 5.03. The molecule has 0 aromatic carbocycles. The highest BCUT2D eigenvalue weighted by Crippen LogP contribution is 2.30. The largest absolute Gasteiger partial charge is 0.315 e. The van der Waals surface area contributed by atoms with Crippen molar-refractivity contribution in [1.29, 1.82) is 0 Å². The third-order valence-corrected chi connectivity index (χ3v) is 4.46. The summed E-state index contributed by atoms with van der Waals surface area (Å²) in [5.74, 6) is 0. The van der Waals surface area contributed by atoms with Crippen LogP contribution in [-0.4, -0.2) is 24.5 Å². The van der Waals surface area contributed by atoms with E-state index in [9.17, 15) is 0 Å². The first kappa shape index (κ1) is 13.1. The minimum atomic E-state index is 0.877. The standard InChI is InChI=1S/C14H24N2S/c1-4-7-16(13-5-6-13)10-12-8-14(9-15-3)17-11(12)2/h8,13,15H,4-7,9-10H2,1-3H3. The molecule has 3 heteroatoms. The Hall–Kier alpha value is -0.380. The van der Waals surface area contributed by atoms with E-state index in [1.165, 1.54) is 35.6 Å². The number of aryl methyl sites for hydroxylation is 1. The van der Waals surface area contributed by atoms with E-state index in [-0.39, 0.29) is 0 Å². The lowest BCUT2D eigenvalue weighted by Gasteiger charge is -2.21. The zero-order valence-corrected chi connectivity index (χ0v) is 12.1. The fraction of sp³-hybridized carbons (Fsp3) is 0.714. The molecule has 1 fully saturated rings. The van der Waals surface area contributed by atoms with Crippen LogP contribution in [0.1, 0.15) is 41.5 Å². The zero-order valence-electron chi connectivity index (χ0n) is 11.3. The van der Waals surface area contributed by atoms with Crippen molar-refractivity contribution in [1.82, 2.24) is 10.2 Å². The first-order chi connectivity index (χ1) is 8.24. The average Bonchev–Trinajstić information content (AvgIpc) is 3.06. The summed E-state index contributed by atoms with van der Waals surface area (Å²) in [5.41, 5.74) is 1.54. The van der Waals surface area contributed by atoms with E-state index in [4.69, 9.17) is 0 Å². The van der Waals surface area contributed by atoms with Crippen molar-refractivity contribution < 1.29 is 0 Å². The summed E-state index contributed by atoms with van der Waals surface area (Å²) in [4.78, 5) is 5.63. The molecular weight excluding hydrogens is 228 g/mol. The smallest absolute Gasteiger partial charge is 0.0296 e. The molecule has 96 valence electrons. The van der Waals surface area contributed by atoms with Crippen LogP contribution in [0.2, 0.25) is 0 Å². The van der Waals surface area contributed by atoms with Crippen LogP contribution in [0, 0.1) is 6.92 Å². The molecule has 0 spiro atoms.